The van der Waals surface area contributed by atoms with Crippen molar-refractivity contribution in [1.82, 2.24) is 4.90 Å². The first kappa shape index (κ1) is 15.6. The van der Waals surface area contributed by atoms with Crippen molar-refractivity contribution in [3.8, 4) is 0 Å². The topological polar surface area (TPSA) is 35.5 Å². The zero-order valence-corrected chi connectivity index (χ0v) is 12.3. The smallest absolute Gasteiger partial charge is 0.0839 e. The molecule has 0 spiro atoms. The van der Waals surface area contributed by atoms with Crippen LogP contribution in [0.3, 0.4) is 0 Å². The lowest BCUT2D eigenvalue weighted by Crippen LogP contribution is -2.35. The predicted molar refractivity (Wildman–Crippen MR) is 78.7 cm³/mol. The van der Waals surface area contributed by atoms with E-state index in [1.165, 1.54) is 0 Å². The lowest BCUT2D eigenvalue weighted by Gasteiger charge is -2.22. The molecule has 0 bridgehead atoms. The van der Waals surface area contributed by atoms with Crippen LogP contribution in [0.15, 0.2) is 18.2 Å². The number of anilines is 1. The van der Waals surface area contributed by atoms with Gasteiger partial charge in [-0.3, -0.25) is 0 Å². The third-order valence-electron chi connectivity index (χ3n) is 2.82. The largest absolute Gasteiger partial charge is 0.390 e. The normalized spacial score (nSPS) is 12.8. The van der Waals surface area contributed by atoms with E-state index in [4.69, 9.17) is 23.2 Å². The summed E-state index contributed by atoms with van der Waals surface area (Å²) >= 11 is 11.9. The Morgan fingerprint density at radius 3 is 2.56 bits per heavy atom. The van der Waals surface area contributed by atoms with Crippen LogP contribution in [-0.2, 0) is 0 Å². The summed E-state index contributed by atoms with van der Waals surface area (Å²) in [6, 6.07) is 5.23. The van der Waals surface area contributed by atoms with Crippen LogP contribution in [0.25, 0.3) is 0 Å². The van der Waals surface area contributed by atoms with Gasteiger partial charge in [0.25, 0.3) is 0 Å². The number of nitrogens with zero attached hydrogens (tertiary/aromatic N) is 1. The third-order valence-corrected chi connectivity index (χ3v) is 3.38. The van der Waals surface area contributed by atoms with Crippen LogP contribution >= 0.6 is 23.2 Å². The SMILES string of the molecule is CCN(CC)CC(O)CNc1cc(Cl)ccc1Cl. The molecule has 0 aliphatic rings. The summed E-state index contributed by atoms with van der Waals surface area (Å²) in [6.07, 6.45) is -0.431. The Balaban J connectivity index is 2.46. The molecule has 1 aromatic rings. The molecule has 1 aromatic carbocycles. The number of aliphatic hydroxyl groups is 1. The molecular formula is C13H20Cl2N2O. The van der Waals surface area contributed by atoms with Crippen molar-refractivity contribution in [2.24, 2.45) is 0 Å². The zero-order chi connectivity index (χ0) is 13.5. The molecule has 0 aliphatic carbocycles. The van der Waals surface area contributed by atoms with Crippen LogP contribution < -0.4 is 5.32 Å². The summed E-state index contributed by atoms with van der Waals surface area (Å²) in [6.45, 7) is 7.14. The first-order chi connectivity index (χ1) is 8.56. The summed E-state index contributed by atoms with van der Waals surface area (Å²) in [5, 5.41) is 14.3. The van der Waals surface area contributed by atoms with E-state index in [1.807, 2.05) is 0 Å². The van der Waals surface area contributed by atoms with Gasteiger partial charge in [0, 0.05) is 18.1 Å². The molecule has 0 saturated heterocycles. The van der Waals surface area contributed by atoms with E-state index in [0.717, 1.165) is 18.8 Å². The Hall–Kier alpha value is -0.480. The lowest BCUT2D eigenvalue weighted by atomic mass is 10.2. The molecule has 0 saturated carbocycles. The molecule has 18 heavy (non-hydrogen) atoms. The molecule has 0 aliphatic heterocycles. The number of benzene rings is 1. The number of halogens is 2. The van der Waals surface area contributed by atoms with E-state index >= 15 is 0 Å². The molecule has 0 aromatic heterocycles. The van der Waals surface area contributed by atoms with Crippen molar-refractivity contribution in [2.45, 2.75) is 20.0 Å². The second-order valence-electron chi connectivity index (χ2n) is 4.14. The first-order valence-electron chi connectivity index (χ1n) is 6.16. The average Bonchev–Trinajstić information content (AvgIpc) is 2.37. The first-order valence-corrected chi connectivity index (χ1v) is 6.91. The standard InChI is InChI=1S/C13H20Cl2N2O/c1-3-17(4-2)9-11(18)8-16-13-7-10(14)5-6-12(13)15/h5-7,11,16,18H,3-4,8-9H2,1-2H3. The highest BCUT2D eigenvalue weighted by Gasteiger charge is 2.09. The quantitative estimate of drug-likeness (QED) is 0.810. The molecule has 102 valence electrons. The van der Waals surface area contributed by atoms with Gasteiger partial charge < -0.3 is 15.3 Å². The summed E-state index contributed by atoms with van der Waals surface area (Å²) in [5.41, 5.74) is 0.753. The number of nitrogens with one attached hydrogen (secondary N) is 1. The number of hydrogen-bond donors (Lipinski definition) is 2. The molecular weight excluding hydrogens is 271 g/mol. The molecule has 0 heterocycles. The number of likely N-dealkylation sites (N-methyl/N-ethyl adjacent to an activating group) is 1. The Kier molecular flexibility index (Phi) is 6.79. The Bertz CT molecular complexity index is 370. The second kappa shape index (κ2) is 7.85. The van der Waals surface area contributed by atoms with E-state index in [-0.39, 0.29) is 0 Å². The summed E-state index contributed by atoms with van der Waals surface area (Å²) in [4.78, 5) is 2.17. The van der Waals surface area contributed by atoms with Crippen molar-refractivity contribution in [2.75, 3.05) is 31.5 Å². The van der Waals surface area contributed by atoms with Gasteiger partial charge >= 0.3 is 0 Å². The maximum absolute atomic E-state index is 9.92. The molecule has 0 radical (unpaired) electrons. The Morgan fingerprint density at radius 2 is 1.94 bits per heavy atom. The molecule has 1 unspecified atom stereocenters. The van der Waals surface area contributed by atoms with Crippen LogP contribution in [-0.4, -0.2) is 42.3 Å². The van der Waals surface area contributed by atoms with Crippen LogP contribution in [0.1, 0.15) is 13.8 Å². The van der Waals surface area contributed by atoms with Crippen LogP contribution in [0.2, 0.25) is 10.0 Å². The molecule has 2 N–H and O–H groups in total. The molecule has 1 rings (SSSR count). The zero-order valence-electron chi connectivity index (χ0n) is 10.8. The maximum Gasteiger partial charge on any atom is 0.0839 e. The van der Waals surface area contributed by atoms with E-state index in [9.17, 15) is 5.11 Å². The fourth-order valence-corrected chi connectivity index (χ4v) is 2.06. The average molecular weight is 291 g/mol. The molecule has 1 atom stereocenters. The van der Waals surface area contributed by atoms with Gasteiger partial charge in [0.1, 0.15) is 0 Å². The van der Waals surface area contributed by atoms with Crippen molar-refractivity contribution >= 4 is 28.9 Å². The van der Waals surface area contributed by atoms with Crippen molar-refractivity contribution < 1.29 is 5.11 Å². The summed E-state index contributed by atoms with van der Waals surface area (Å²) in [7, 11) is 0. The van der Waals surface area contributed by atoms with Crippen molar-refractivity contribution in [3.05, 3.63) is 28.2 Å². The minimum absolute atomic E-state index is 0.431. The van der Waals surface area contributed by atoms with Gasteiger partial charge in [-0.25, -0.2) is 0 Å². The molecule has 0 amide bonds. The van der Waals surface area contributed by atoms with E-state index in [1.54, 1.807) is 18.2 Å². The highest BCUT2D eigenvalue weighted by molar-refractivity contribution is 6.35. The van der Waals surface area contributed by atoms with Gasteiger partial charge in [0.05, 0.1) is 16.8 Å². The minimum atomic E-state index is -0.431. The van der Waals surface area contributed by atoms with Gasteiger partial charge in [-0.15, -0.1) is 0 Å². The number of hydrogen-bond acceptors (Lipinski definition) is 3. The minimum Gasteiger partial charge on any atom is -0.390 e. The fourth-order valence-electron chi connectivity index (χ4n) is 1.71. The third kappa shape index (κ3) is 5.02. The van der Waals surface area contributed by atoms with Gasteiger partial charge in [0.15, 0.2) is 0 Å². The highest BCUT2D eigenvalue weighted by atomic mass is 35.5. The maximum atomic E-state index is 9.92. The number of aliphatic hydroxyl groups excluding tert-OH is 1. The summed E-state index contributed by atoms with van der Waals surface area (Å²) < 4.78 is 0. The van der Waals surface area contributed by atoms with Gasteiger partial charge in [-0.2, -0.15) is 0 Å². The van der Waals surface area contributed by atoms with Crippen LogP contribution in [0, 0.1) is 0 Å². The molecule has 0 fully saturated rings. The van der Waals surface area contributed by atoms with Crippen molar-refractivity contribution in [3.63, 3.8) is 0 Å². The van der Waals surface area contributed by atoms with E-state index in [2.05, 4.69) is 24.1 Å². The van der Waals surface area contributed by atoms with Gasteiger partial charge in [0.2, 0.25) is 0 Å². The van der Waals surface area contributed by atoms with Gasteiger partial charge in [-0.05, 0) is 31.3 Å². The van der Waals surface area contributed by atoms with E-state index < -0.39 is 6.10 Å². The van der Waals surface area contributed by atoms with Crippen LogP contribution in [0.4, 0.5) is 5.69 Å². The Labute approximate surface area is 119 Å². The number of rotatable bonds is 7. The fraction of sp³-hybridized carbons (Fsp3) is 0.538. The van der Waals surface area contributed by atoms with E-state index in [0.29, 0.717) is 23.1 Å². The van der Waals surface area contributed by atoms with Crippen LogP contribution in [0.5, 0.6) is 0 Å². The molecule has 5 heteroatoms. The lowest BCUT2D eigenvalue weighted by molar-refractivity contribution is 0.128. The second-order valence-corrected chi connectivity index (χ2v) is 4.99. The monoisotopic (exact) mass is 290 g/mol. The Morgan fingerprint density at radius 1 is 1.28 bits per heavy atom. The van der Waals surface area contributed by atoms with Crippen molar-refractivity contribution in [1.29, 1.82) is 0 Å². The highest BCUT2D eigenvalue weighted by Crippen LogP contribution is 2.25. The summed E-state index contributed by atoms with van der Waals surface area (Å²) in [5.74, 6) is 0. The predicted octanol–water partition coefficient (Wildman–Crippen LogP) is 3.11. The van der Waals surface area contributed by atoms with Gasteiger partial charge in [-0.1, -0.05) is 37.0 Å². The molecule has 3 nitrogen and oxygen atoms in total.